The van der Waals surface area contributed by atoms with Gasteiger partial charge in [0.25, 0.3) is 0 Å². The molecule has 2 amide bonds. The summed E-state index contributed by atoms with van der Waals surface area (Å²) >= 11 is 0. The fraction of sp³-hybridized carbons (Fsp3) is 0.533. The molecule has 0 unspecified atom stereocenters. The van der Waals surface area contributed by atoms with Crippen molar-refractivity contribution in [2.24, 2.45) is 5.73 Å². The highest BCUT2D eigenvalue weighted by molar-refractivity contribution is 5.72. The molecule has 1 fully saturated rings. The van der Waals surface area contributed by atoms with Gasteiger partial charge in [-0.3, -0.25) is 0 Å². The average Bonchev–Trinajstić information content (AvgIpc) is 2.53. The standard InChI is InChI=1S/C15H21N3O3/c16-15(19)18-5-3-12(4-6-18)17-10-11-1-2-13-14(9-11)21-8-7-20-13/h1-2,9,12,17H,3-8,10H2,(H2,16,19). The molecule has 0 spiro atoms. The van der Waals surface area contributed by atoms with Crippen LogP contribution in [0.15, 0.2) is 18.2 Å². The van der Waals surface area contributed by atoms with Crippen LogP contribution < -0.4 is 20.5 Å². The second-order valence-corrected chi connectivity index (χ2v) is 5.46. The van der Waals surface area contributed by atoms with E-state index >= 15 is 0 Å². The lowest BCUT2D eigenvalue weighted by molar-refractivity contribution is 0.171. The van der Waals surface area contributed by atoms with E-state index in [2.05, 4.69) is 11.4 Å². The number of amides is 2. The predicted molar refractivity (Wildman–Crippen MR) is 78.5 cm³/mol. The lowest BCUT2D eigenvalue weighted by atomic mass is 10.0. The zero-order chi connectivity index (χ0) is 14.7. The molecule has 3 rings (SSSR count). The number of carbonyl (C=O) groups excluding carboxylic acids is 1. The first-order valence-electron chi connectivity index (χ1n) is 7.38. The molecule has 2 aliphatic rings. The number of rotatable bonds is 3. The molecule has 1 aromatic rings. The third kappa shape index (κ3) is 3.39. The molecule has 1 saturated heterocycles. The number of primary amides is 1. The van der Waals surface area contributed by atoms with Gasteiger partial charge in [-0.2, -0.15) is 0 Å². The van der Waals surface area contributed by atoms with Crippen LogP contribution in [0.5, 0.6) is 11.5 Å². The first-order chi connectivity index (χ1) is 10.2. The Morgan fingerprint density at radius 1 is 1.24 bits per heavy atom. The fourth-order valence-electron chi connectivity index (χ4n) is 2.76. The Hall–Kier alpha value is -1.95. The average molecular weight is 291 g/mol. The molecule has 0 aromatic heterocycles. The van der Waals surface area contributed by atoms with Crippen LogP contribution in [0.2, 0.25) is 0 Å². The van der Waals surface area contributed by atoms with Crippen molar-refractivity contribution in [3.8, 4) is 11.5 Å². The number of nitrogens with zero attached hydrogens (tertiary/aromatic N) is 1. The highest BCUT2D eigenvalue weighted by Gasteiger charge is 2.20. The summed E-state index contributed by atoms with van der Waals surface area (Å²) in [7, 11) is 0. The van der Waals surface area contributed by atoms with E-state index in [0.717, 1.165) is 44.0 Å². The number of nitrogens with one attached hydrogen (secondary N) is 1. The van der Waals surface area contributed by atoms with Crippen molar-refractivity contribution >= 4 is 6.03 Å². The lowest BCUT2D eigenvalue weighted by Gasteiger charge is -2.31. The largest absolute Gasteiger partial charge is 0.486 e. The SMILES string of the molecule is NC(=O)N1CCC(NCc2ccc3c(c2)OCCO3)CC1. The third-order valence-corrected chi connectivity index (χ3v) is 4.01. The Morgan fingerprint density at radius 2 is 1.95 bits per heavy atom. The molecule has 0 bridgehead atoms. The quantitative estimate of drug-likeness (QED) is 0.874. The Bertz CT molecular complexity index is 513. The van der Waals surface area contributed by atoms with Gasteiger partial charge < -0.3 is 25.4 Å². The van der Waals surface area contributed by atoms with Crippen molar-refractivity contribution in [3.05, 3.63) is 23.8 Å². The molecule has 114 valence electrons. The van der Waals surface area contributed by atoms with Gasteiger partial charge in [0, 0.05) is 25.7 Å². The molecule has 6 heteroatoms. The Kier molecular flexibility index (Phi) is 4.15. The smallest absolute Gasteiger partial charge is 0.314 e. The maximum absolute atomic E-state index is 11.1. The summed E-state index contributed by atoms with van der Waals surface area (Å²) in [5.41, 5.74) is 6.46. The second kappa shape index (κ2) is 6.22. The van der Waals surface area contributed by atoms with Gasteiger partial charge in [0.15, 0.2) is 11.5 Å². The highest BCUT2D eigenvalue weighted by Crippen LogP contribution is 2.30. The van der Waals surface area contributed by atoms with Gasteiger partial charge in [0.2, 0.25) is 0 Å². The number of piperidine rings is 1. The molecular weight excluding hydrogens is 270 g/mol. The lowest BCUT2D eigenvalue weighted by Crippen LogP contribution is -2.46. The number of hydrogen-bond acceptors (Lipinski definition) is 4. The summed E-state index contributed by atoms with van der Waals surface area (Å²) in [6.45, 7) is 3.47. The summed E-state index contributed by atoms with van der Waals surface area (Å²) < 4.78 is 11.1. The minimum atomic E-state index is -0.319. The van der Waals surface area contributed by atoms with E-state index in [0.29, 0.717) is 19.3 Å². The molecule has 0 aliphatic carbocycles. The number of fused-ring (bicyclic) bond motifs is 1. The third-order valence-electron chi connectivity index (χ3n) is 4.01. The summed E-state index contributed by atoms with van der Waals surface area (Å²) in [6.07, 6.45) is 1.88. The molecule has 3 N–H and O–H groups in total. The number of ether oxygens (including phenoxy) is 2. The molecule has 1 aromatic carbocycles. The van der Waals surface area contributed by atoms with Crippen molar-refractivity contribution in [2.75, 3.05) is 26.3 Å². The highest BCUT2D eigenvalue weighted by atomic mass is 16.6. The zero-order valence-electron chi connectivity index (χ0n) is 12.0. The maximum Gasteiger partial charge on any atom is 0.314 e. The predicted octanol–water partition coefficient (Wildman–Crippen LogP) is 1.09. The summed E-state index contributed by atoms with van der Waals surface area (Å²) in [5.74, 6) is 1.64. The molecule has 6 nitrogen and oxygen atoms in total. The van der Waals surface area contributed by atoms with Crippen molar-refractivity contribution in [1.29, 1.82) is 0 Å². The van der Waals surface area contributed by atoms with Crippen molar-refractivity contribution in [2.45, 2.75) is 25.4 Å². The van der Waals surface area contributed by atoms with E-state index in [1.807, 2.05) is 12.1 Å². The minimum Gasteiger partial charge on any atom is -0.486 e. The van der Waals surface area contributed by atoms with Crippen molar-refractivity contribution < 1.29 is 14.3 Å². The van der Waals surface area contributed by atoms with Crippen LogP contribution in [0.3, 0.4) is 0 Å². The number of urea groups is 1. The van der Waals surface area contributed by atoms with E-state index in [9.17, 15) is 4.79 Å². The summed E-state index contributed by atoms with van der Waals surface area (Å²) in [6, 6.07) is 6.15. The van der Waals surface area contributed by atoms with E-state index in [4.69, 9.17) is 15.2 Å². The number of carbonyl (C=O) groups is 1. The van der Waals surface area contributed by atoms with E-state index in [-0.39, 0.29) is 6.03 Å². The Labute approximate surface area is 124 Å². The maximum atomic E-state index is 11.1. The molecule has 2 aliphatic heterocycles. The van der Waals surface area contributed by atoms with Gasteiger partial charge in [0.1, 0.15) is 13.2 Å². The van der Waals surface area contributed by atoms with Crippen LogP contribution in [0.25, 0.3) is 0 Å². The molecule has 0 saturated carbocycles. The van der Waals surface area contributed by atoms with E-state index in [1.54, 1.807) is 4.90 Å². The van der Waals surface area contributed by atoms with Crippen LogP contribution in [0.1, 0.15) is 18.4 Å². The van der Waals surface area contributed by atoms with Crippen molar-refractivity contribution in [1.82, 2.24) is 10.2 Å². The monoisotopic (exact) mass is 291 g/mol. The second-order valence-electron chi connectivity index (χ2n) is 5.46. The van der Waals surface area contributed by atoms with E-state index in [1.165, 1.54) is 5.56 Å². The molecule has 2 heterocycles. The van der Waals surface area contributed by atoms with Gasteiger partial charge in [0.05, 0.1) is 0 Å². The van der Waals surface area contributed by atoms with Gasteiger partial charge in [-0.1, -0.05) is 6.07 Å². The van der Waals surface area contributed by atoms with Crippen LogP contribution >= 0.6 is 0 Å². The van der Waals surface area contributed by atoms with Crippen LogP contribution in [0, 0.1) is 0 Å². The van der Waals surface area contributed by atoms with Gasteiger partial charge in [-0.15, -0.1) is 0 Å². The fourth-order valence-corrected chi connectivity index (χ4v) is 2.76. The molecule has 21 heavy (non-hydrogen) atoms. The molecule has 0 atom stereocenters. The van der Waals surface area contributed by atoms with Crippen LogP contribution in [-0.4, -0.2) is 43.3 Å². The van der Waals surface area contributed by atoms with Crippen LogP contribution in [0.4, 0.5) is 4.79 Å². The number of benzene rings is 1. The molecule has 0 radical (unpaired) electrons. The van der Waals surface area contributed by atoms with Gasteiger partial charge in [-0.05, 0) is 30.5 Å². The molecular formula is C15H21N3O3. The van der Waals surface area contributed by atoms with Crippen molar-refractivity contribution in [3.63, 3.8) is 0 Å². The number of nitrogens with two attached hydrogens (primary N) is 1. The van der Waals surface area contributed by atoms with Gasteiger partial charge >= 0.3 is 6.03 Å². The normalized spacial score (nSPS) is 18.6. The minimum absolute atomic E-state index is 0.319. The van der Waals surface area contributed by atoms with E-state index < -0.39 is 0 Å². The topological polar surface area (TPSA) is 76.8 Å². The van der Waals surface area contributed by atoms with Gasteiger partial charge in [-0.25, -0.2) is 4.79 Å². The zero-order valence-corrected chi connectivity index (χ0v) is 12.0. The Morgan fingerprint density at radius 3 is 2.67 bits per heavy atom. The number of likely N-dealkylation sites (tertiary alicyclic amines) is 1. The first-order valence-corrected chi connectivity index (χ1v) is 7.38. The van der Waals surface area contributed by atoms with Crippen LogP contribution in [-0.2, 0) is 6.54 Å². The summed E-state index contributed by atoms with van der Waals surface area (Å²) in [4.78, 5) is 12.8. The first kappa shape index (κ1) is 14.0. The number of hydrogen-bond donors (Lipinski definition) is 2. The Balaban J connectivity index is 1.50. The summed E-state index contributed by atoms with van der Waals surface area (Å²) in [5, 5.41) is 3.53.